The summed E-state index contributed by atoms with van der Waals surface area (Å²) >= 11 is 0. The number of rotatable bonds is 3. The zero-order valence-electron chi connectivity index (χ0n) is 10.4. The molecule has 5 nitrogen and oxygen atoms in total. The van der Waals surface area contributed by atoms with Crippen LogP contribution in [-0.2, 0) is 16.4 Å². The first kappa shape index (κ1) is 13.2. The van der Waals surface area contributed by atoms with Crippen LogP contribution < -0.4 is 10.5 Å². The number of benzene rings is 1. The largest absolute Gasteiger partial charge is 0.495 e. The molecule has 0 amide bonds. The van der Waals surface area contributed by atoms with Gasteiger partial charge in [-0.3, -0.25) is 4.90 Å². The number of ether oxygens (including phenoxy) is 1. The van der Waals surface area contributed by atoms with E-state index in [-0.39, 0.29) is 11.5 Å². The van der Waals surface area contributed by atoms with Gasteiger partial charge in [0.05, 0.1) is 24.3 Å². The molecular weight excluding hydrogens is 252 g/mol. The number of hydrogen-bond donors (Lipinski definition) is 1. The highest BCUT2D eigenvalue weighted by Crippen LogP contribution is 2.23. The molecule has 1 aromatic rings. The maximum absolute atomic E-state index is 11.3. The molecule has 1 saturated heterocycles. The SMILES string of the molecule is COc1cc(CN2CCS(=O)(=O)CC2)ccc1N. The smallest absolute Gasteiger partial charge is 0.152 e. The molecule has 1 aromatic carbocycles. The second kappa shape index (κ2) is 5.16. The van der Waals surface area contributed by atoms with Gasteiger partial charge in [0.1, 0.15) is 5.75 Å². The molecule has 1 fully saturated rings. The van der Waals surface area contributed by atoms with E-state index in [1.54, 1.807) is 7.11 Å². The number of nitrogens with two attached hydrogens (primary N) is 1. The fourth-order valence-corrected chi connectivity index (χ4v) is 3.30. The van der Waals surface area contributed by atoms with Crippen molar-refractivity contribution in [2.75, 3.05) is 37.4 Å². The molecule has 0 spiro atoms. The maximum atomic E-state index is 11.3. The van der Waals surface area contributed by atoms with Crippen LogP contribution in [-0.4, -0.2) is 45.0 Å². The summed E-state index contributed by atoms with van der Waals surface area (Å²) in [7, 11) is -1.23. The molecule has 0 aliphatic carbocycles. The number of nitrogen functional groups attached to an aromatic ring is 1. The van der Waals surface area contributed by atoms with Crippen LogP contribution in [0.3, 0.4) is 0 Å². The van der Waals surface area contributed by atoms with Crippen molar-refractivity contribution in [2.24, 2.45) is 0 Å². The van der Waals surface area contributed by atoms with Crippen LogP contribution in [0.25, 0.3) is 0 Å². The first-order valence-electron chi connectivity index (χ1n) is 5.85. The molecule has 1 aliphatic heterocycles. The molecular formula is C12H18N2O3S. The third-order valence-electron chi connectivity index (χ3n) is 3.14. The summed E-state index contributed by atoms with van der Waals surface area (Å²) in [4.78, 5) is 2.13. The quantitative estimate of drug-likeness (QED) is 0.810. The summed E-state index contributed by atoms with van der Waals surface area (Å²) in [5.74, 6) is 1.16. The van der Waals surface area contributed by atoms with Crippen LogP contribution in [0.5, 0.6) is 5.75 Å². The van der Waals surface area contributed by atoms with Crippen molar-refractivity contribution in [3.8, 4) is 5.75 Å². The number of hydrogen-bond acceptors (Lipinski definition) is 5. The second-order valence-electron chi connectivity index (χ2n) is 4.50. The van der Waals surface area contributed by atoms with Crippen molar-refractivity contribution < 1.29 is 13.2 Å². The minimum absolute atomic E-state index is 0.249. The zero-order chi connectivity index (χ0) is 13.2. The Bertz CT molecular complexity index is 514. The number of nitrogens with zero attached hydrogens (tertiary/aromatic N) is 1. The van der Waals surface area contributed by atoms with Crippen molar-refractivity contribution in [1.29, 1.82) is 0 Å². The molecule has 0 radical (unpaired) electrons. The van der Waals surface area contributed by atoms with Crippen LogP contribution in [0.1, 0.15) is 5.56 Å². The predicted octanol–water partition coefficient (Wildman–Crippen LogP) is 0.508. The highest BCUT2D eigenvalue weighted by Gasteiger charge is 2.21. The monoisotopic (exact) mass is 270 g/mol. The third-order valence-corrected chi connectivity index (χ3v) is 4.75. The van der Waals surface area contributed by atoms with Gasteiger partial charge in [-0.05, 0) is 17.7 Å². The van der Waals surface area contributed by atoms with Gasteiger partial charge >= 0.3 is 0 Å². The van der Waals surface area contributed by atoms with E-state index in [0.29, 0.717) is 24.5 Å². The van der Waals surface area contributed by atoms with E-state index in [4.69, 9.17) is 10.5 Å². The van der Waals surface area contributed by atoms with Gasteiger partial charge in [-0.15, -0.1) is 0 Å². The van der Waals surface area contributed by atoms with Crippen LogP contribution in [0.4, 0.5) is 5.69 Å². The van der Waals surface area contributed by atoms with Gasteiger partial charge in [0, 0.05) is 19.6 Å². The second-order valence-corrected chi connectivity index (χ2v) is 6.81. The minimum Gasteiger partial charge on any atom is -0.495 e. The van der Waals surface area contributed by atoms with E-state index in [9.17, 15) is 8.42 Å². The van der Waals surface area contributed by atoms with Crippen molar-refractivity contribution >= 4 is 15.5 Å². The lowest BCUT2D eigenvalue weighted by Crippen LogP contribution is -2.39. The lowest BCUT2D eigenvalue weighted by atomic mass is 10.1. The first-order chi connectivity index (χ1) is 8.50. The standard InChI is InChI=1S/C12H18N2O3S/c1-17-12-8-10(2-3-11(12)13)9-14-4-6-18(15,16)7-5-14/h2-3,8H,4-7,9,13H2,1H3. The van der Waals surface area contributed by atoms with Crippen molar-refractivity contribution in [2.45, 2.75) is 6.54 Å². The zero-order valence-corrected chi connectivity index (χ0v) is 11.2. The Morgan fingerprint density at radius 2 is 2.00 bits per heavy atom. The Balaban J connectivity index is 2.02. The molecule has 6 heteroatoms. The number of methoxy groups -OCH3 is 1. The van der Waals surface area contributed by atoms with Crippen LogP contribution in [0.2, 0.25) is 0 Å². The Kier molecular flexibility index (Phi) is 3.77. The average Bonchev–Trinajstić information content (AvgIpc) is 2.34. The van der Waals surface area contributed by atoms with Crippen molar-refractivity contribution in [1.82, 2.24) is 4.90 Å². The highest BCUT2D eigenvalue weighted by molar-refractivity contribution is 7.91. The molecule has 18 heavy (non-hydrogen) atoms. The van der Waals surface area contributed by atoms with Gasteiger partial charge in [0.25, 0.3) is 0 Å². The summed E-state index contributed by atoms with van der Waals surface area (Å²) in [5, 5.41) is 0. The molecule has 0 atom stereocenters. The van der Waals surface area contributed by atoms with Gasteiger partial charge in [-0.2, -0.15) is 0 Å². The lowest BCUT2D eigenvalue weighted by molar-refractivity contribution is 0.287. The van der Waals surface area contributed by atoms with Gasteiger partial charge < -0.3 is 10.5 Å². The number of anilines is 1. The molecule has 0 bridgehead atoms. The minimum atomic E-state index is -2.81. The van der Waals surface area contributed by atoms with Crippen LogP contribution >= 0.6 is 0 Å². The summed E-state index contributed by atoms with van der Waals surface area (Å²) < 4.78 is 27.8. The Morgan fingerprint density at radius 1 is 1.33 bits per heavy atom. The van der Waals surface area contributed by atoms with Crippen LogP contribution in [0.15, 0.2) is 18.2 Å². The third kappa shape index (κ3) is 3.14. The van der Waals surface area contributed by atoms with Gasteiger partial charge in [0.2, 0.25) is 0 Å². The van der Waals surface area contributed by atoms with Gasteiger partial charge in [0.15, 0.2) is 9.84 Å². The normalized spacial score (nSPS) is 19.6. The molecule has 2 N–H and O–H groups in total. The summed E-state index contributed by atoms with van der Waals surface area (Å²) in [6.07, 6.45) is 0. The van der Waals surface area contributed by atoms with Gasteiger partial charge in [-0.1, -0.05) is 6.07 Å². The Hall–Kier alpha value is -1.27. The topological polar surface area (TPSA) is 72.6 Å². The fraction of sp³-hybridized carbons (Fsp3) is 0.500. The highest BCUT2D eigenvalue weighted by atomic mass is 32.2. The van der Waals surface area contributed by atoms with E-state index in [1.165, 1.54) is 0 Å². The summed E-state index contributed by atoms with van der Waals surface area (Å²) in [5.41, 5.74) is 7.45. The molecule has 0 saturated carbocycles. The fourth-order valence-electron chi connectivity index (χ4n) is 2.02. The first-order valence-corrected chi connectivity index (χ1v) is 7.67. The average molecular weight is 270 g/mol. The van der Waals surface area contributed by atoms with E-state index in [0.717, 1.165) is 12.1 Å². The molecule has 0 unspecified atom stereocenters. The van der Waals surface area contributed by atoms with E-state index in [1.807, 2.05) is 18.2 Å². The predicted molar refractivity (Wildman–Crippen MR) is 71.3 cm³/mol. The van der Waals surface area contributed by atoms with Crippen molar-refractivity contribution in [3.63, 3.8) is 0 Å². The van der Waals surface area contributed by atoms with E-state index >= 15 is 0 Å². The molecule has 1 aliphatic rings. The molecule has 0 aromatic heterocycles. The van der Waals surface area contributed by atoms with E-state index in [2.05, 4.69) is 4.90 Å². The molecule has 2 rings (SSSR count). The van der Waals surface area contributed by atoms with Gasteiger partial charge in [-0.25, -0.2) is 8.42 Å². The summed E-state index contributed by atoms with van der Waals surface area (Å²) in [6.45, 7) is 1.91. The number of sulfone groups is 1. The van der Waals surface area contributed by atoms with Crippen LogP contribution in [0, 0.1) is 0 Å². The summed E-state index contributed by atoms with van der Waals surface area (Å²) in [6, 6.07) is 5.66. The maximum Gasteiger partial charge on any atom is 0.152 e. The van der Waals surface area contributed by atoms with Crippen molar-refractivity contribution in [3.05, 3.63) is 23.8 Å². The van der Waals surface area contributed by atoms with E-state index < -0.39 is 9.84 Å². The molecule has 1 heterocycles. The Morgan fingerprint density at radius 3 is 2.61 bits per heavy atom. The Labute approximate surface area is 107 Å². The molecule has 100 valence electrons. The lowest BCUT2D eigenvalue weighted by Gasteiger charge is -2.26.